The molecule has 0 bridgehead atoms. The SMILES string of the molecule is CCOC(=O)CC(NC(C)c1ccccc1)C(C)C. The number of rotatable bonds is 7. The summed E-state index contributed by atoms with van der Waals surface area (Å²) in [5.74, 6) is 0.254. The summed E-state index contributed by atoms with van der Waals surface area (Å²) in [6.45, 7) is 8.64. The number of esters is 1. The van der Waals surface area contributed by atoms with Crippen molar-refractivity contribution < 1.29 is 9.53 Å². The van der Waals surface area contributed by atoms with Crippen LogP contribution in [0.5, 0.6) is 0 Å². The van der Waals surface area contributed by atoms with Crippen LogP contribution in [0.15, 0.2) is 30.3 Å². The first-order valence-corrected chi connectivity index (χ1v) is 7.01. The van der Waals surface area contributed by atoms with Crippen molar-refractivity contribution in [3.05, 3.63) is 35.9 Å². The number of nitrogens with one attached hydrogen (secondary N) is 1. The summed E-state index contributed by atoms with van der Waals surface area (Å²) >= 11 is 0. The summed E-state index contributed by atoms with van der Waals surface area (Å²) in [5.41, 5.74) is 1.23. The van der Waals surface area contributed by atoms with Gasteiger partial charge in [0.2, 0.25) is 0 Å². The van der Waals surface area contributed by atoms with Crippen LogP contribution in [0.2, 0.25) is 0 Å². The van der Waals surface area contributed by atoms with E-state index in [0.717, 1.165) is 0 Å². The predicted molar refractivity (Wildman–Crippen MR) is 77.9 cm³/mol. The molecule has 1 rings (SSSR count). The molecule has 19 heavy (non-hydrogen) atoms. The van der Waals surface area contributed by atoms with E-state index in [1.54, 1.807) is 0 Å². The van der Waals surface area contributed by atoms with Gasteiger partial charge in [-0.15, -0.1) is 0 Å². The summed E-state index contributed by atoms with van der Waals surface area (Å²) in [4.78, 5) is 11.6. The molecule has 0 heterocycles. The van der Waals surface area contributed by atoms with E-state index in [4.69, 9.17) is 4.74 Å². The maximum atomic E-state index is 11.6. The molecule has 0 fully saturated rings. The third kappa shape index (κ3) is 5.43. The van der Waals surface area contributed by atoms with Crippen molar-refractivity contribution in [1.82, 2.24) is 5.32 Å². The molecule has 0 amide bonds. The highest BCUT2D eigenvalue weighted by Gasteiger charge is 2.20. The lowest BCUT2D eigenvalue weighted by Gasteiger charge is -2.26. The van der Waals surface area contributed by atoms with Crippen LogP contribution in [0.1, 0.15) is 45.7 Å². The number of hydrogen-bond acceptors (Lipinski definition) is 3. The molecule has 1 aromatic rings. The van der Waals surface area contributed by atoms with Crippen LogP contribution in [0.25, 0.3) is 0 Å². The van der Waals surface area contributed by atoms with E-state index in [0.29, 0.717) is 18.9 Å². The Morgan fingerprint density at radius 1 is 1.21 bits per heavy atom. The molecule has 2 unspecified atom stereocenters. The zero-order valence-corrected chi connectivity index (χ0v) is 12.3. The first-order valence-electron chi connectivity index (χ1n) is 7.01. The average molecular weight is 263 g/mol. The third-order valence-corrected chi connectivity index (χ3v) is 3.26. The quantitative estimate of drug-likeness (QED) is 0.767. The van der Waals surface area contributed by atoms with Crippen LogP contribution < -0.4 is 5.32 Å². The predicted octanol–water partition coefficient (Wildman–Crippen LogP) is 3.32. The summed E-state index contributed by atoms with van der Waals surface area (Å²) in [6, 6.07) is 10.6. The Kier molecular flexibility index (Phi) is 6.57. The smallest absolute Gasteiger partial charge is 0.307 e. The fourth-order valence-corrected chi connectivity index (χ4v) is 2.05. The topological polar surface area (TPSA) is 38.3 Å². The first-order chi connectivity index (χ1) is 9.04. The van der Waals surface area contributed by atoms with Crippen LogP contribution in [0, 0.1) is 5.92 Å². The fraction of sp³-hybridized carbons (Fsp3) is 0.562. The molecule has 3 heteroatoms. The minimum absolute atomic E-state index is 0.131. The van der Waals surface area contributed by atoms with Gasteiger partial charge in [0.05, 0.1) is 13.0 Å². The number of carbonyl (C=O) groups excluding carboxylic acids is 1. The van der Waals surface area contributed by atoms with E-state index in [1.807, 2.05) is 25.1 Å². The number of benzene rings is 1. The summed E-state index contributed by atoms with van der Waals surface area (Å²) in [7, 11) is 0. The van der Waals surface area contributed by atoms with Gasteiger partial charge in [0.25, 0.3) is 0 Å². The average Bonchev–Trinajstić information content (AvgIpc) is 2.39. The second-order valence-electron chi connectivity index (χ2n) is 5.16. The number of ether oxygens (including phenoxy) is 1. The Morgan fingerprint density at radius 3 is 2.37 bits per heavy atom. The molecular formula is C16H25NO2. The molecule has 0 aliphatic heterocycles. The Labute approximate surface area is 116 Å². The molecule has 0 saturated carbocycles. The lowest BCUT2D eigenvalue weighted by molar-refractivity contribution is -0.144. The molecule has 3 nitrogen and oxygen atoms in total. The largest absolute Gasteiger partial charge is 0.466 e. The minimum atomic E-state index is -0.131. The van der Waals surface area contributed by atoms with Gasteiger partial charge in [-0.1, -0.05) is 44.2 Å². The van der Waals surface area contributed by atoms with Crippen LogP contribution in [0.3, 0.4) is 0 Å². The van der Waals surface area contributed by atoms with Crippen LogP contribution in [-0.2, 0) is 9.53 Å². The van der Waals surface area contributed by atoms with E-state index < -0.39 is 0 Å². The lowest BCUT2D eigenvalue weighted by atomic mass is 9.98. The van der Waals surface area contributed by atoms with Crippen molar-refractivity contribution in [2.45, 2.75) is 46.2 Å². The van der Waals surface area contributed by atoms with Crippen molar-refractivity contribution in [3.63, 3.8) is 0 Å². The van der Waals surface area contributed by atoms with Crippen LogP contribution in [0.4, 0.5) is 0 Å². The van der Waals surface area contributed by atoms with Gasteiger partial charge in [-0.3, -0.25) is 4.79 Å². The van der Waals surface area contributed by atoms with Crippen molar-refractivity contribution in [2.75, 3.05) is 6.61 Å². The molecule has 1 N–H and O–H groups in total. The van der Waals surface area contributed by atoms with Crippen molar-refractivity contribution in [3.8, 4) is 0 Å². The highest BCUT2D eigenvalue weighted by molar-refractivity contribution is 5.70. The normalized spacial score (nSPS) is 14.2. The molecule has 2 atom stereocenters. The second-order valence-corrected chi connectivity index (χ2v) is 5.16. The van der Waals surface area contributed by atoms with Gasteiger partial charge in [0.1, 0.15) is 0 Å². The lowest BCUT2D eigenvalue weighted by Crippen LogP contribution is -2.38. The summed E-state index contributed by atoms with van der Waals surface area (Å²) in [6.07, 6.45) is 0.419. The van der Waals surface area contributed by atoms with Gasteiger partial charge >= 0.3 is 5.97 Å². The van der Waals surface area contributed by atoms with Crippen LogP contribution >= 0.6 is 0 Å². The van der Waals surface area contributed by atoms with E-state index in [-0.39, 0.29) is 18.1 Å². The van der Waals surface area contributed by atoms with Gasteiger partial charge in [-0.25, -0.2) is 0 Å². The van der Waals surface area contributed by atoms with Gasteiger partial charge in [-0.2, -0.15) is 0 Å². The minimum Gasteiger partial charge on any atom is -0.466 e. The Hall–Kier alpha value is -1.35. The molecule has 0 aromatic heterocycles. The monoisotopic (exact) mass is 263 g/mol. The molecule has 106 valence electrons. The van der Waals surface area contributed by atoms with Gasteiger partial charge < -0.3 is 10.1 Å². The zero-order valence-electron chi connectivity index (χ0n) is 12.3. The molecule has 0 radical (unpaired) electrons. The molecular weight excluding hydrogens is 238 g/mol. The zero-order chi connectivity index (χ0) is 14.3. The Balaban J connectivity index is 2.61. The van der Waals surface area contributed by atoms with E-state index in [2.05, 4.69) is 38.2 Å². The van der Waals surface area contributed by atoms with E-state index >= 15 is 0 Å². The van der Waals surface area contributed by atoms with Crippen molar-refractivity contribution in [1.29, 1.82) is 0 Å². The standard InChI is InChI=1S/C16H25NO2/c1-5-19-16(18)11-15(12(2)3)17-13(4)14-9-7-6-8-10-14/h6-10,12-13,15,17H,5,11H2,1-4H3. The van der Waals surface area contributed by atoms with Crippen molar-refractivity contribution >= 4 is 5.97 Å². The van der Waals surface area contributed by atoms with Gasteiger partial charge in [-0.05, 0) is 25.3 Å². The Morgan fingerprint density at radius 2 is 1.84 bits per heavy atom. The molecule has 0 saturated heterocycles. The van der Waals surface area contributed by atoms with Crippen molar-refractivity contribution in [2.24, 2.45) is 5.92 Å². The first kappa shape index (κ1) is 15.7. The number of hydrogen-bond donors (Lipinski definition) is 1. The maximum Gasteiger partial charge on any atom is 0.307 e. The Bertz CT molecular complexity index is 376. The fourth-order valence-electron chi connectivity index (χ4n) is 2.05. The molecule has 0 spiro atoms. The molecule has 1 aromatic carbocycles. The summed E-state index contributed by atoms with van der Waals surface area (Å²) in [5, 5.41) is 3.52. The second kappa shape index (κ2) is 7.95. The summed E-state index contributed by atoms with van der Waals surface area (Å²) < 4.78 is 5.03. The molecule has 0 aliphatic rings. The molecule has 0 aliphatic carbocycles. The highest BCUT2D eigenvalue weighted by Crippen LogP contribution is 2.16. The van der Waals surface area contributed by atoms with E-state index in [1.165, 1.54) is 5.56 Å². The van der Waals surface area contributed by atoms with E-state index in [9.17, 15) is 4.79 Å². The van der Waals surface area contributed by atoms with Crippen LogP contribution in [-0.4, -0.2) is 18.6 Å². The van der Waals surface area contributed by atoms with Gasteiger partial charge in [0, 0.05) is 12.1 Å². The number of carbonyl (C=O) groups is 1. The maximum absolute atomic E-state index is 11.6. The highest BCUT2D eigenvalue weighted by atomic mass is 16.5. The van der Waals surface area contributed by atoms with Gasteiger partial charge in [0.15, 0.2) is 0 Å². The third-order valence-electron chi connectivity index (χ3n) is 3.26.